The maximum absolute atomic E-state index is 5.79. The highest BCUT2D eigenvalue weighted by Crippen LogP contribution is 2.24. The van der Waals surface area contributed by atoms with Gasteiger partial charge in [0.1, 0.15) is 17.6 Å². The average Bonchev–Trinajstić information content (AvgIpc) is 2.92. The molecule has 0 aliphatic rings. The Morgan fingerprint density at radius 1 is 1.05 bits per heavy atom. The van der Waals surface area contributed by atoms with E-state index >= 15 is 0 Å². The van der Waals surface area contributed by atoms with Gasteiger partial charge in [0.05, 0.1) is 5.69 Å². The van der Waals surface area contributed by atoms with Crippen LogP contribution in [0.25, 0.3) is 11.0 Å². The van der Waals surface area contributed by atoms with E-state index in [1.807, 2.05) is 44.2 Å². The number of ether oxygens (including phenoxy) is 1. The van der Waals surface area contributed by atoms with Crippen LogP contribution < -0.4 is 4.74 Å². The summed E-state index contributed by atoms with van der Waals surface area (Å²) in [7, 11) is 0. The van der Waals surface area contributed by atoms with E-state index in [9.17, 15) is 0 Å². The fourth-order valence-electron chi connectivity index (χ4n) is 2.00. The normalized spacial score (nSPS) is 10.8. The van der Waals surface area contributed by atoms with Crippen LogP contribution >= 0.6 is 0 Å². The van der Waals surface area contributed by atoms with E-state index in [4.69, 9.17) is 4.74 Å². The number of nitrogens with zero attached hydrogens (tertiary/aromatic N) is 3. The quantitative estimate of drug-likeness (QED) is 0.780. The van der Waals surface area contributed by atoms with Crippen LogP contribution in [-0.4, -0.2) is 20.4 Å². The largest absolute Gasteiger partial charge is 0.473 e. The van der Waals surface area contributed by atoms with Crippen molar-refractivity contribution in [2.45, 2.75) is 20.5 Å². The Morgan fingerprint density at radius 2 is 1.79 bits per heavy atom. The van der Waals surface area contributed by atoms with E-state index in [0.717, 1.165) is 27.9 Å². The highest BCUT2D eigenvalue weighted by atomic mass is 16.5. The second-order valence-corrected chi connectivity index (χ2v) is 4.42. The summed E-state index contributed by atoms with van der Waals surface area (Å²) in [5.41, 5.74) is 4.45. The van der Waals surface area contributed by atoms with Crippen LogP contribution in [0.2, 0.25) is 0 Å². The zero-order chi connectivity index (χ0) is 13.2. The second-order valence-electron chi connectivity index (χ2n) is 4.42. The van der Waals surface area contributed by atoms with Crippen LogP contribution in [0, 0.1) is 13.8 Å². The predicted molar refractivity (Wildman–Crippen MR) is 71.9 cm³/mol. The summed E-state index contributed by atoms with van der Waals surface area (Å²) in [4.78, 5) is 4.44. The molecule has 1 aromatic carbocycles. The van der Waals surface area contributed by atoms with Crippen molar-refractivity contribution in [2.75, 3.05) is 0 Å². The van der Waals surface area contributed by atoms with Gasteiger partial charge in [0.15, 0.2) is 0 Å². The molecule has 0 saturated carbocycles. The van der Waals surface area contributed by atoms with E-state index < -0.39 is 0 Å². The minimum Gasteiger partial charge on any atom is -0.473 e. The molecule has 0 fully saturated rings. The third kappa shape index (κ3) is 2.14. The van der Waals surface area contributed by atoms with Crippen molar-refractivity contribution in [3.63, 3.8) is 0 Å². The number of aromatic nitrogens is 4. The first-order chi connectivity index (χ1) is 9.25. The number of hydrogen-bond acceptors (Lipinski definition) is 4. The highest BCUT2D eigenvalue weighted by molar-refractivity contribution is 5.80. The van der Waals surface area contributed by atoms with Gasteiger partial charge in [0.2, 0.25) is 5.88 Å². The number of aromatic amines is 1. The molecule has 1 N–H and O–H groups in total. The zero-order valence-corrected chi connectivity index (χ0v) is 10.8. The topological polar surface area (TPSA) is 63.7 Å². The van der Waals surface area contributed by atoms with Gasteiger partial charge in [-0.3, -0.25) is 0 Å². The van der Waals surface area contributed by atoms with Crippen molar-refractivity contribution in [3.8, 4) is 5.88 Å². The minimum absolute atomic E-state index is 0.497. The van der Waals surface area contributed by atoms with Crippen molar-refractivity contribution in [1.29, 1.82) is 0 Å². The van der Waals surface area contributed by atoms with Crippen LogP contribution in [0.1, 0.15) is 16.8 Å². The molecule has 19 heavy (non-hydrogen) atoms. The van der Waals surface area contributed by atoms with Crippen molar-refractivity contribution < 1.29 is 4.74 Å². The molecule has 96 valence electrons. The van der Waals surface area contributed by atoms with E-state index in [-0.39, 0.29) is 0 Å². The molecule has 0 amide bonds. The third-order valence-electron chi connectivity index (χ3n) is 3.05. The molecular formula is C14H14N4O. The summed E-state index contributed by atoms with van der Waals surface area (Å²) in [5.74, 6) is 0.614. The Kier molecular flexibility index (Phi) is 2.87. The van der Waals surface area contributed by atoms with Crippen LogP contribution in [-0.2, 0) is 6.61 Å². The summed E-state index contributed by atoms with van der Waals surface area (Å²) in [6, 6.07) is 10.0. The molecule has 0 unspecified atom stereocenters. The average molecular weight is 254 g/mol. The Morgan fingerprint density at radius 3 is 2.58 bits per heavy atom. The summed E-state index contributed by atoms with van der Waals surface area (Å²) in [6.45, 7) is 4.34. The van der Waals surface area contributed by atoms with Crippen LogP contribution in [0.5, 0.6) is 5.88 Å². The number of nitrogens with one attached hydrogen (secondary N) is 1. The second kappa shape index (κ2) is 4.68. The van der Waals surface area contributed by atoms with Gasteiger partial charge in [-0.25, -0.2) is 4.98 Å². The van der Waals surface area contributed by atoms with Crippen LogP contribution in [0.4, 0.5) is 0 Å². The van der Waals surface area contributed by atoms with Crippen molar-refractivity contribution in [2.24, 2.45) is 0 Å². The highest BCUT2D eigenvalue weighted by Gasteiger charge is 2.12. The van der Waals surface area contributed by atoms with Gasteiger partial charge in [-0.05, 0) is 19.4 Å². The maximum atomic E-state index is 5.79. The van der Waals surface area contributed by atoms with Gasteiger partial charge in [0, 0.05) is 5.56 Å². The Balaban J connectivity index is 1.91. The maximum Gasteiger partial charge on any atom is 0.219 e. The Bertz CT molecular complexity index is 706. The first-order valence-electron chi connectivity index (χ1n) is 6.10. The SMILES string of the molecule is Cc1nc(OCc2ccccc2)c(C)c2n[nH]nc12. The first-order valence-corrected chi connectivity index (χ1v) is 6.10. The van der Waals surface area contributed by atoms with Crippen molar-refractivity contribution >= 4 is 11.0 Å². The molecular weight excluding hydrogens is 240 g/mol. The molecule has 0 aliphatic carbocycles. The number of aryl methyl sites for hydroxylation is 2. The molecule has 2 aromatic heterocycles. The van der Waals surface area contributed by atoms with Crippen LogP contribution in [0.3, 0.4) is 0 Å². The lowest BCUT2D eigenvalue weighted by atomic mass is 10.2. The minimum atomic E-state index is 0.497. The number of H-pyrrole nitrogens is 1. The van der Waals surface area contributed by atoms with Gasteiger partial charge >= 0.3 is 0 Å². The Labute approximate surface area is 110 Å². The van der Waals surface area contributed by atoms with E-state index in [1.54, 1.807) is 0 Å². The Hall–Kier alpha value is -2.43. The molecule has 0 saturated heterocycles. The molecule has 5 nitrogen and oxygen atoms in total. The number of hydrogen-bond donors (Lipinski definition) is 1. The molecule has 0 aliphatic heterocycles. The van der Waals surface area contributed by atoms with Gasteiger partial charge in [0.25, 0.3) is 0 Å². The number of pyridine rings is 1. The number of benzene rings is 1. The van der Waals surface area contributed by atoms with E-state index in [0.29, 0.717) is 12.5 Å². The molecule has 0 bridgehead atoms. The molecule has 3 aromatic rings. The monoisotopic (exact) mass is 254 g/mol. The van der Waals surface area contributed by atoms with Crippen molar-refractivity contribution in [1.82, 2.24) is 20.4 Å². The molecule has 0 spiro atoms. The molecule has 2 heterocycles. The lowest BCUT2D eigenvalue weighted by Gasteiger charge is -2.09. The lowest BCUT2D eigenvalue weighted by molar-refractivity contribution is 0.291. The first kappa shape index (κ1) is 11.6. The smallest absolute Gasteiger partial charge is 0.219 e. The van der Waals surface area contributed by atoms with E-state index in [1.165, 1.54) is 0 Å². The van der Waals surface area contributed by atoms with E-state index in [2.05, 4.69) is 20.4 Å². The van der Waals surface area contributed by atoms with Crippen LogP contribution in [0.15, 0.2) is 30.3 Å². The molecule has 0 radical (unpaired) electrons. The predicted octanol–water partition coefficient (Wildman–Crippen LogP) is 2.55. The summed E-state index contributed by atoms with van der Waals surface area (Å²) < 4.78 is 5.79. The number of rotatable bonds is 3. The third-order valence-corrected chi connectivity index (χ3v) is 3.05. The summed E-state index contributed by atoms with van der Waals surface area (Å²) in [6.07, 6.45) is 0. The molecule has 5 heteroatoms. The van der Waals surface area contributed by atoms with Gasteiger partial charge in [-0.2, -0.15) is 15.4 Å². The number of fused-ring (bicyclic) bond motifs is 1. The summed E-state index contributed by atoms with van der Waals surface area (Å²) >= 11 is 0. The zero-order valence-electron chi connectivity index (χ0n) is 10.8. The summed E-state index contributed by atoms with van der Waals surface area (Å²) in [5, 5.41) is 10.8. The van der Waals surface area contributed by atoms with Gasteiger partial charge in [-0.15, -0.1) is 0 Å². The van der Waals surface area contributed by atoms with Gasteiger partial charge < -0.3 is 4.74 Å². The molecule has 3 rings (SSSR count). The molecule has 0 atom stereocenters. The fraction of sp³-hybridized carbons (Fsp3) is 0.214. The fourth-order valence-corrected chi connectivity index (χ4v) is 2.00. The van der Waals surface area contributed by atoms with Gasteiger partial charge in [-0.1, -0.05) is 30.3 Å². The lowest BCUT2D eigenvalue weighted by Crippen LogP contribution is -2.01. The van der Waals surface area contributed by atoms with Crippen molar-refractivity contribution in [3.05, 3.63) is 47.2 Å². The standard InChI is InChI=1S/C14H14N4O/c1-9-12-13(17-18-16-12)10(2)15-14(9)19-8-11-6-4-3-5-7-11/h3-7H,8H2,1-2H3,(H,16,17,18).